The molecule has 0 saturated carbocycles. The molecule has 0 aliphatic heterocycles. The van der Waals surface area contributed by atoms with Gasteiger partial charge < -0.3 is 10.1 Å². The first-order chi connectivity index (χ1) is 9.15. The minimum Gasteiger partial charge on any atom is -0.495 e. The van der Waals surface area contributed by atoms with Gasteiger partial charge in [0.25, 0.3) is 0 Å². The first kappa shape index (κ1) is 14.6. The van der Waals surface area contributed by atoms with E-state index in [2.05, 4.69) is 10.3 Å². The highest BCUT2D eigenvalue weighted by atomic mass is 35.5. The Hall–Kier alpha value is -0.810. The van der Waals surface area contributed by atoms with E-state index in [0.29, 0.717) is 8.67 Å². The van der Waals surface area contributed by atoms with Gasteiger partial charge >= 0.3 is 0 Å². The molecule has 1 unspecified atom stereocenters. The molecule has 1 N–H and O–H groups in total. The van der Waals surface area contributed by atoms with Gasteiger partial charge in [0, 0.05) is 11.8 Å². The number of thiophene rings is 1. The molecule has 2 heterocycles. The van der Waals surface area contributed by atoms with Crippen molar-refractivity contribution < 1.29 is 4.74 Å². The Balaban J connectivity index is 2.41. The Bertz CT molecular complexity index is 559. The van der Waals surface area contributed by atoms with Crippen molar-refractivity contribution in [1.82, 2.24) is 10.3 Å². The number of aromatic nitrogens is 1. The molecular formula is C13H14Cl2N2OS. The van der Waals surface area contributed by atoms with Crippen LogP contribution in [0.25, 0.3) is 0 Å². The second kappa shape index (κ2) is 6.57. The summed E-state index contributed by atoms with van der Waals surface area (Å²) in [5.41, 5.74) is 1.96. The summed E-state index contributed by atoms with van der Waals surface area (Å²) in [6.07, 6.45) is 3.48. The van der Waals surface area contributed by atoms with Crippen LogP contribution in [0.4, 0.5) is 0 Å². The second-order valence-corrected chi connectivity index (χ2v) is 6.21. The van der Waals surface area contributed by atoms with Crippen molar-refractivity contribution in [3.8, 4) is 5.75 Å². The highest BCUT2D eigenvalue weighted by Gasteiger charge is 2.19. The Morgan fingerprint density at radius 3 is 2.74 bits per heavy atom. The lowest BCUT2D eigenvalue weighted by molar-refractivity contribution is 0.411. The van der Waals surface area contributed by atoms with Gasteiger partial charge in [0.2, 0.25) is 0 Å². The molecule has 1 atom stereocenters. The Labute approximate surface area is 126 Å². The van der Waals surface area contributed by atoms with Gasteiger partial charge in [0.1, 0.15) is 5.75 Å². The summed E-state index contributed by atoms with van der Waals surface area (Å²) in [6.45, 7) is 2.86. The fourth-order valence-electron chi connectivity index (χ4n) is 1.87. The molecule has 6 heteroatoms. The van der Waals surface area contributed by atoms with Crippen molar-refractivity contribution in [2.24, 2.45) is 0 Å². The number of nitrogens with one attached hydrogen (secondary N) is 1. The number of hydrogen-bond acceptors (Lipinski definition) is 4. The summed E-state index contributed by atoms with van der Waals surface area (Å²) in [6, 6.07) is 3.80. The lowest BCUT2D eigenvalue weighted by Gasteiger charge is -2.18. The topological polar surface area (TPSA) is 34.2 Å². The van der Waals surface area contributed by atoms with Gasteiger partial charge in [0.05, 0.1) is 28.0 Å². The minimum absolute atomic E-state index is 0.0381. The Kier molecular flexibility index (Phi) is 5.05. The third kappa shape index (κ3) is 3.39. The molecule has 0 aliphatic carbocycles. The van der Waals surface area contributed by atoms with Crippen LogP contribution in [0, 0.1) is 0 Å². The van der Waals surface area contributed by atoms with Crippen molar-refractivity contribution in [1.29, 1.82) is 0 Å². The van der Waals surface area contributed by atoms with E-state index in [1.807, 2.05) is 19.1 Å². The average Bonchev–Trinajstić information content (AvgIpc) is 2.75. The van der Waals surface area contributed by atoms with Gasteiger partial charge in [0.15, 0.2) is 0 Å². The van der Waals surface area contributed by atoms with E-state index >= 15 is 0 Å². The Morgan fingerprint density at radius 1 is 1.37 bits per heavy atom. The first-order valence-electron chi connectivity index (χ1n) is 5.82. The Morgan fingerprint density at radius 2 is 2.16 bits per heavy atom. The van der Waals surface area contributed by atoms with Crippen LogP contribution in [-0.2, 0) is 0 Å². The van der Waals surface area contributed by atoms with Crippen LogP contribution < -0.4 is 10.1 Å². The zero-order valence-corrected chi connectivity index (χ0v) is 12.9. The third-order valence-corrected chi connectivity index (χ3v) is 4.22. The molecule has 0 bridgehead atoms. The maximum Gasteiger partial charge on any atom is 0.137 e. The molecule has 2 aromatic rings. The number of nitrogens with zero attached hydrogens (tertiary/aromatic N) is 1. The fourth-order valence-corrected chi connectivity index (χ4v) is 3.40. The summed E-state index contributed by atoms with van der Waals surface area (Å²) < 4.78 is 6.58. The van der Waals surface area contributed by atoms with Gasteiger partial charge in [-0.15, -0.1) is 11.3 Å². The summed E-state index contributed by atoms with van der Waals surface area (Å²) in [7, 11) is 1.62. The molecule has 0 spiro atoms. The third-order valence-electron chi connectivity index (χ3n) is 2.71. The maximum atomic E-state index is 6.24. The molecule has 102 valence electrons. The molecule has 0 saturated heterocycles. The summed E-state index contributed by atoms with van der Waals surface area (Å²) in [4.78, 5) is 4.18. The smallest absolute Gasteiger partial charge is 0.137 e. The van der Waals surface area contributed by atoms with E-state index in [9.17, 15) is 0 Å². The number of ether oxygens (including phenoxy) is 1. The van der Waals surface area contributed by atoms with Crippen LogP contribution in [-0.4, -0.2) is 18.6 Å². The average molecular weight is 317 g/mol. The van der Waals surface area contributed by atoms with Crippen LogP contribution >= 0.6 is 34.5 Å². The molecule has 2 rings (SSSR count). The van der Waals surface area contributed by atoms with E-state index < -0.39 is 0 Å². The van der Waals surface area contributed by atoms with Crippen molar-refractivity contribution in [3.05, 3.63) is 44.3 Å². The zero-order valence-electron chi connectivity index (χ0n) is 10.6. The first-order valence-corrected chi connectivity index (χ1v) is 7.40. The number of methoxy groups -OCH3 is 1. The van der Waals surface area contributed by atoms with Crippen LogP contribution in [0.15, 0.2) is 24.5 Å². The number of rotatable bonds is 5. The fraction of sp³-hybridized carbons (Fsp3) is 0.308. The lowest BCUT2D eigenvalue weighted by Crippen LogP contribution is -2.22. The molecule has 0 aromatic carbocycles. The largest absolute Gasteiger partial charge is 0.495 e. The minimum atomic E-state index is -0.0381. The number of pyridine rings is 1. The molecular weight excluding hydrogens is 303 g/mol. The van der Waals surface area contributed by atoms with Crippen molar-refractivity contribution in [2.75, 3.05) is 13.7 Å². The molecule has 0 amide bonds. The normalized spacial score (nSPS) is 12.4. The van der Waals surface area contributed by atoms with Crippen LogP contribution in [0.5, 0.6) is 5.75 Å². The maximum absolute atomic E-state index is 6.24. The second-order valence-electron chi connectivity index (χ2n) is 3.93. The summed E-state index contributed by atoms with van der Waals surface area (Å²) in [5, 5.41) is 3.39. The van der Waals surface area contributed by atoms with E-state index in [0.717, 1.165) is 23.4 Å². The van der Waals surface area contributed by atoms with Crippen LogP contribution in [0.1, 0.15) is 24.1 Å². The summed E-state index contributed by atoms with van der Waals surface area (Å²) >= 11 is 13.6. The number of hydrogen-bond donors (Lipinski definition) is 1. The molecule has 19 heavy (non-hydrogen) atoms. The SMILES string of the molecule is CCNC(c1cncc(OC)c1)c1cc(Cl)sc1Cl. The van der Waals surface area contributed by atoms with Crippen LogP contribution in [0.3, 0.4) is 0 Å². The predicted molar refractivity (Wildman–Crippen MR) is 80.6 cm³/mol. The molecule has 2 aromatic heterocycles. The molecule has 0 aliphatic rings. The quantitative estimate of drug-likeness (QED) is 0.899. The highest BCUT2D eigenvalue weighted by Crippen LogP contribution is 2.37. The van der Waals surface area contributed by atoms with Crippen molar-refractivity contribution in [3.63, 3.8) is 0 Å². The van der Waals surface area contributed by atoms with Gasteiger partial charge in [-0.3, -0.25) is 4.98 Å². The van der Waals surface area contributed by atoms with E-state index in [-0.39, 0.29) is 6.04 Å². The highest BCUT2D eigenvalue weighted by molar-refractivity contribution is 7.20. The van der Waals surface area contributed by atoms with Gasteiger partial charge in [-0.1, -0.05) is 30.1 Å². The van der Waals surface area contributed by atoms with Crippen molar-refractivity contribution >= 4 is 34.5 Å². The van der Waals surface area contributed by atoms with Crippen molar-refractivity contribution in [2.45, 2.75) is 13.0 Å². The van der Waals surface area contributed by atoms with E-state index in [1.54, 1.807) is 19.5 Å². The zero-order chi connectivity index (χ0) is 13.8. The molecule has 3 nitrogen and oxygen atoms in total. The van der Waals surface area contributed by atoms with Gasteiger partial charge in [-0.05, 0) is 24.2 Å². The van der Waals surface area contributed by atoms with E-state index in [4.69, 9.17) is 27.9 Å². The van der Waals surface area contributed by atoms with E-state index in [1.165, 1.54) is 11.3 Å². The summed E-state index contributed by atoms with van der Waals surface area (Å²) in [5.74, 6) is 0.720. The predicted octanol–water partition coefficient (Wildman–Crippen LogP) is 4.16. The molecule has 0 radical (unpaired) electrons. The number of halogens is 2. The monoisotopic (exact) mass is 316 g/mol. The standard InChI is InChI=1S/C13H14Cl2N2OS/c1-3-17-12(10-5-11(14)19-13(10)15)8-4-9(18-2)7-16-6-8/h4-7,12,17H,3H2,1-2H3. The molecule has 0 fully saturated rings. The lowest BCUT2D eigenvalue weighted by atomic mass is 10.0. The van der Waals surface area contributed by atoms with Crippen LogP contribution in [0.2, 0.25) is 8.67 Å². The van der Waals surface area contributed by atoms with Gasteiger partial charge in [-0.25, -0.2) is 0 Å². The van der Waals surface area contributed by atoms with Gasteiger partial charge in [-0.2, -0.15) is 0 Å².